The van der Waals surface area contributed by atoms with Crippen molar-refractivity contribution in [3.63, 3.8) is 0 Å². The Morgan fingerprint density at radius 3 is 1.68 bits per heavy atom. The van der Waals surface area contributed by atoms with Crippen LogP contribution in [-0.2, 0) is 9.59 Å². The first-order valence-corrected chi connectivity index (χ1v) is 8.97. The van der Waals surface area contributed by atoms with Crippen LogP contribution in [0.5, 0.6) is 0 Å². The summed E-state index contributed by atoms with van der Waals surface area (Å²) in [7, 11) is 0. The number of carbonyl (C=O) groups excluding carboxylic acids is 2. The summed E-state index contributed by atoms with van der Waals surface area (Å²) < 4.78 is 0. The Kier molecular flexibility index (Phi) is 6.03. The van der Waals surface area contributed by atoms with E-state index in [0.29, 0.717) is 11.6 Å². The molecule has 0 aromatic carbocycles. The van der Waals surface area contributed by atoms with Crippen LogP contribution in [0, 0.1) is 22.2 Å². The second kappa shape index (κ2) is 6.84. The number of ketones is 2. The molecule has 2 nitrogen and oxygen atoms in total. The van der Waals surface area contributed by atoms with Crippen LogP contribution in [0.3, 0.4) is 0 Å². The highest BCUT2D eigenvalue weighted by molar-refractivity contribution is 5.89. The molecule has 0 atom stereocenters. The van der Waals surface area contributed by atoms with Crippen molar-refractivity contribution < 1.29 is 9.59 Å². The molecule has 1 fully saturated rings. The smallest absolute Gasteiger partial charge is 0.143 e. The third-order valence-corrected chi connectivity index (χ3v) is 5.31. The van der Waals surface area contributed by atoms with Gasteiger partial charge in [-0.05, 0) is 25.7 Å². The third-order valence-electron chi connectivity index (χ3n) is 5.31. The molecule has 0 amide bonds. The SMILES string of the molecule is CC(C)(C)C(=O)C(C)(C)CCC(C)(C)C(=O)C1CCCCC1. The van der Waals surface area contributed by atoms with E-state index in [4.69, 9.17) is 0 Å². The topological polar surface area (TPSA) is 34.1 Å². The molecule has 2 heteroatoms. The quantitative estimate of drug-likeness (QED) is 0.641. The van der Waals surface area contributed by atoms with Gasteiger partial charge in [0.15, 0.2) is 0 Å². The number of rotatable bonds is 6. The van der Waals surface area contributed by atoms with Gasteiger partial charge < -0.3 is 0 Å². The highest BCUT2D eigenvalue weighted by Crippen LogP contribution is 2.39. The van der Waals surface area contributed by atoms with Crippen molar-refractivity contribution in [2.24, 2.45) is 22.2 Å². The molecule has 128 valence electrons. The van der Waals surface area contributed by atoms with E-state index in [0.717, 1.165) is 25.7 Å². The van der Waals surface area contributed by atoms with E-state index in [1.165, 1.54) is 19.3 Å². The van der Waals surface area contributed by atoms with Gasteiger partial charge in [0.25, 0.3) is 0 Å². The number of hydrogen-bond donors (Lipinski definition) is 0. The second-order valence-electron chi connectivity index (χ2n) is 9.55. The first-order valence-electron chi connectivity index (χ1n) is 8.97. The molecule has 0 N–H and O–H groups in total. The Labute approximate surface area is 137 Å². The van der Waals surface area contributed by atoms with Gasteiger partial charge in [-0.15, -0.1) is 0 Å². The molecule has 1 rings (SSSR count). The molecule has 22 heavy (non-hydrogen) atoms. The monoisotopic (exact) mass is 308 g/mol. The summed E-state index contributed by atoms with van der Waals surface area (Å²) in [6.07, 6.45) is 7.38. The van der Waals surface area contributed by atoms with Crippen LogP contribution in [0.4, 0.5) is 0 Å². The first-order chi connectivity index (χ1) is 9.88. The normalized spacial score (nSPS) is 18.3. The molecule has 0 aromatic heterocycles. The average molecular weight is 309 g/mol. The molecule has 0 aromatic rings. The van der Waals surface area contributed by atoms with E-state index in [-0.39, 0.29) is 22.2 Å². The van der Waals surface area contributed by atoms with Crippen molar-refractivity contribution in [2.75, 3.05) is 0 Å². The highest BCUT2D eigenvalue weighted by Gasteiger charge is 2.39. The summed E-state index contributed by atoms with van der Waals surface area (Å²) >= 11 is 0. The van der Waals surface area contributed by atoms with Crippen LogP contribution in [0.2, 0.25) is 0 Å². The van der Waals surface area contributed by atoms with E-state index in [2.05, 4.69) is 13.8 Å². The van der Waals surface area contributed by atoms with Gasteiger partial charge >= 0.3 is 0 Å². The minimum absolute atomic E-state index is 0.255. The van der Waals surface area contributed by atoms with Gasteiger partial charge in [0, 0.05) is 22.2 Å². The molecule has 0 aliphatic heterocycles. The number of hydrogen-bond acceptors (Lipinski definition) is 2. The summed E-state index contributed by atoms with van der Waals surface area (Å²) in [5.74, 6) is 0.970. The predicted octanol–water partition coefficient (Wildman–Crippen LogP) is 5.58. The minimum Gasteiger partial charge on any atom is -0.299 e. The minimum atomic E-state index is -0.359. The van der Waals surface area contributed by atoms with Crippen molar-refractivity contribution in [1.29, 1.82) is 0 Å². The standard InChI is InChI=1S/C20H36O2/c1-18(2,3)17(22)20(6,7)14-13-19(4,5)16(21)15-11-9-8-10-12-15/h15H,8-14H2,1-7H3. The average Bonchev–Trinajstić information content (AvgIpc) is 2.44. The molecule has 1 aliphatic carbocycles. The third kappa shape index (κ3) is 4.93. The van der Waals surface area contributed by atoms with Gasteiger partial charge in [-0.1, -0.05) is 67.7 Å². The fourth-order valence-corrected chi connectivity index (χ4v) is 3.79. The second-order valence-corrected chi connectivity index (χ2v) is 9.55. The predicted molar refractivity (Wildman–Crippen MR) is 92.8 cm³/mol. The van der Waals surface area contributed by atoms with Gasteiger partial charge in [0.2, 0.25) is 0 Å². The van der Waals surface area contributed by atoms with Crippen LogP contribution < -0.4 is 0 Å². The van der Waals surface area contributed by atoms with E-state index in [9.17, 15) is 9.59 Å². The maximum Gasteiger partial charge on any atom is 0.143 e. The van der Waals surface area contributed by atoms with Crippen molar-refractivity contribution in [3.05, 3.63) is 0 Å². The van der Waals surface area contributed by atoms with Gasteiger partial charge in [-0.2, -0.15) is 0 Å². The Hall–Kier alpha value is -0.660. The van der Waals surface area contributed by atoms with Crippen LogP contribution >= 0.6 is 0 Å². The van der Waals surface area contributed by atoms with Crippen LogP contribution in [0.15, 0.2) is 0 Å². The van der Waals surface area contributed by atoms with Gasteiger partial charge in [-0.3, -0.25) is 9.59 Å². The lowest BCUT2D eigenvalue weighted by Crippen LogP contribution is -2.38. The van der Waals surface area contributed by atoms with Gasteiger partial charge in [0.05, 0.1) is 0 Å². The molecule has 1 aliphatic rings. The zero-order valence-corrected chi connectivity index (χ0v) is 15.8. The molecular formula is C20H36O2. The molecule has 0 unspecified atom stereocenters. The lowest BCUT2D eigenvalue weighted by atomic mass is 9.67. The van der Waals surface area contributed by atoms with Gasteiger partial charge in [-0.25, -0.2) is 0 Å². The highest BCUT2D eigenvalue weighted by atomic mass is 16.1. The molecule has 0 heterocycles. The molecule has 1 saturated carbocycles. The fraction of sp³-hybridized carbons (Fsp3) is 0.900. The number of Topliss-reactive ketones (excluding diaryl/α,β-unsaturated/α-hetero) is 2. The maximum absolute atomic E-state index is 12.8. The molecule has 0 saturated heterocycles. The first kappa shape index (κ1) is 19.4. The van der Waals surface area contributed by atoms with Crippen LogP contribution in [-0.4, -0.2) is 11.6 Å². The summed E-state index contributed by atoms with van der Waals surface area (Å²) in [5, 5.41) is 0. The van der Waals surface area contributed by atoms with Crippen molar-refractivity contribution in [1.82, 2.24) is 0 Å². The van der Waals surface area contributed by atoms with Crippen LogP contribution in [0.25, 0.3) is 0 Å². The van der Waals surface area contributed by atoms with E-state index in [1.807, 2.05) is 34.6 Å². The summed E-state index contributed by atoms with van der Waals surface area (Å²) in [4.78, 5) is 25.4. The van der Waals surface area contributed by atoms with Crippen LogP contribution in [0.1, 0.15) is 93.4 Å². The van der Waals surface area contributed by atoms with E-state index < -0.39 is 0 Å². The summed E-state index contributed by atoms with van der Waals surface area (Å²) in [5.41, 5.74) is -0.985. The lowest BCUT2D eigenvalue weighted by molar-refractivity contribution is -0.138. The zero-order valence-electron chi connectivity index (χ0n) is 15.8. The van der Waals surface area contributed by atoms with Crippen molar-refractivity contribution >= 4 is 11.6 Å². The largest absolute Gasteiger partial charge is 0.299 e. The molecule has 0 spiro atoms. The Balaban J connectivity index is 2.67. The van der Waals surface area contributed by atoms with Crippen molar-refractivity contribution in [2.45, 2.75) is 93.4 Å². The Morgan fingerprint density at radius 2 is 1.23 bits per heavy atom. The Morgan fingerprint density at radius 1 is 0.773 bits per heavy atom. The lowest BCUT2D eigenvalue weighted by Gasteiger charge is -2.35. The molecule has 0 bridgehead atoms. The summed E-state index contributed by atoms with van der Waals surface area (Å²) in [6, 6.07) is 0. The maximum atomic E-state index is 12.8. The Bertz CT molecular complexity index is 404. The van der Waals surface area contributed by atoms with Crippen molar-refractivity contribution in [3.8, 4) is 0 Å². The van der Waals surface area contributed by atoms with E-state index >= 15 is 0 Å². The van der Waals surface area contributed by atoms with Gasteiger partial charge in [0.1, 0.15) is 11.6 Å². The fourth-order valence-electron chi connectivity index (χ4n) is 3.79. The molecule has 0 radical (unpaired) electrons. The molecular weight excluding hydrogens is 272 g/mol. The number of carbonyl (C=O) groups is 2. The van der Waals surface area contributed by atoms with E-state index in [1.54, 1.807) is 0 Å². The zero-order chi connectivity index (χ0) is 17.2. The summed E-state index contributed by atoms with van der Waals surface area (Å²) in [6.45, 7) is 14.1.